The summed E-state index contributed by atoms with van der Waals surface area (Å²) in [5.74, 6) is 0. The Morgan fingerprint density at radius 3 is 2.71 bits per heavy atom. The normalized spacial score (nSPS) is 12.0. The summed E-state index contributed by atoms with van der Waals surface area (Å²) in [7, 11) is 0. The van der Waals surface area contributed by atoms with Crippen molar-refractivity contribution in [3.63, 3.8) is 0 Å². The first-order chi connectivity index (χ1) is 6.47. The van der Waals surface area contributed by atoms with Gasteiger partial charge >= 0.3 is 0 Å². The number of hydrogen-bond acceptors (Lipinski definition) is 2. The van der Waals surface area contributed by atoms with Crippen LogP contribution < -0.4 is 5.32 Å². The predicted octanol–water partition coefficient (Wildman–Crippen LogP) is 2.31. The maximum Gasteiger partial charge on any atom is 0.0785 e. The van der Waals surface area contributed by atoms with Crippen LogP contribution in [-0.4, -0.2) is 21.9 Å². The number of aryl methyl sites for hydroxylation is 1. The van der Waals surface area contributed by atoms with Crippen molar-refractivity contribution >= 4 is 11.6 Å². The summed E-state index contributed by atoms with van der Waals surface area (Å²) in [6.07, 6.45) is 4.58. The number of hydrogen-bond donors (Lipinski definition) is 1. The average Bonchev–Trinajstić information content (AvgIpc) is 2.44. The fraction of sp³-hybridized carbons (Fsp3) is 0.700. The number of nitrogens with zero attached hydrogens (tertiary/aromatic N) is 2. The molecule has 0 amide bonds. The molecule has 0 fully saturated rings. The molecular weight excluding hydrogens is 198 g/mol. The Balaban J connectivity index is 2.16. The zero-order chi connectivity index (χ0) is 10.6. The van der Waals surface area contributed by atoms with Crippen molar-refractivity contribution in [2.75, 3.05) is 6.54 Å². The van der Waals surface area contributed by atoms with Crippen molar-refractivity contribution in [1.82, 2.24) is 15.1 Å². The molecule has 0 atom stereocenters. The lowest BCUT2D eigenvalue weighted by Crippen LogP contribution is -2.36. The zero-order valence-corrected chi connectivity index (χ0v) is 9.80. The van der Waals surface area contributed by atoms with E-state index in [1.54, 1.807) is 6.20 Å². The molecule has 1 aromatic heterocycles. The Hall–Kier alpha value is -0.540. The summed E-state index contributed by atoms with van der Waals surface area (Å²) >= 11 is 5.75. The summed E-state index contributed by atoms with van der Waals surface area (Å²) < 4.78 is 1.87. The Bertz CT molecular complexity index is 275. The van der Waals surface area contributed by atoms with Crippen LogP contribution in [0.5, 0.6) is 0 Å². The van der Waals surface area contributed by atoms with Gasteiger partial charge in [-0.05, 0) is 33.7 Å². The maximum absolute atomic E-state index is 5.75. The SMILES string of the molecule is CC(C)(C)NCCCn1cc(Cl)cn1. The summed E-state index contributed by atoms with van der Waals surface area (Å²) in [5, 5.41) is 8.23. The molecule has 0 saturated carbocycles. The molecular formula is C10H18ClN3. The second kappa shape index (κ2) is 4.80. The number of nitrogens with one attached hydrogen (secondary N) is 1. The molecule has 0 saturated heterocycles. The lowest BCUT2D eigenvalue weighted by Gasteiger charge is -2.20. The third kappa shape index (κ3) is 4.63. The van der Waals surface area contributed by atoms with Gasteiger partial charge in [0.2, 0.25) is 0 Å². The summed E-state index contributed by atoms with van der Waals surface area (Å²) in [5.41, 5.74) is 0.196. The average molecular weight is 216 g/mol. The molecule has 1 aromatic rings. The van der Waals surface area contributed by atoms with Crippen molar-refractivity contribution in [1.29, 1.82) is 0 Å². The lowest BCUT2D eigenvalue weighted by atomic mass is 10.1. The second-order valence-electron chi connectivity index (χ2n) is 4.45. The van der Waals surface area contributed by atoms with Crippen LogP contribution in [0.15, 0.2) is 12.4 Å². The van der Waals surface area contributed by atoms with Gasteiger partial charge in [0.15, 0.2) is 0 Å². The van der Waals surface area contributed by atoms with E-state index in [1.165, 1.54) is 0 Å². The van der Waals surface area contributed by atoms with E-state index in [-0.39, 0.29) is 5.54 Å². The molecule has 14 heavy (non-hydrogen) atoms. The van der Waals surface area contributed by atoms with Crippen LogP contribution in [0, 0.1) is 0 Å². The van der Waals surface area contributed by atoms with Crippen molar-refractivity contribution in [3.8, 4) is 0 Å². The summed E-state index contributed by atoms with van der Waals surface area (Å²) in [6.45, 7) is 8.41. The van der Waals surface area contributed by atoms with Gasteiger partial charge in [0.05, 0.1) is 11.2 Å². The minimum absolute atomic E-state index is 0.196. The number of rotatable bonds is 4. The van der Waals surface area contributed by atoms with Crippen molar-refractivity contribution in [2.24, 2.45) is 0 Å². The Morgan fingerprint density at radius 1 is 1.50 bits per heavy atom. The number of halogens is 1. The first kappa shape index (κ1) is 11.5. The highest BCUT2D eigenvalue weighted by atomic mass is 35.5. The fourth-order valence-corrected chi connectivity index (χ4v) is 1.32. The fourth-order valence-electron chi connectivity index (χ4n) is 1.17. The van der Waals surface area contributed by atoms with Crippen molar-refractivity contribution in [3.05, 3.63) is 17.4 Å². The van der Waals surface area contributed by atoms with E-state index in [1.807, 2.05) is 10.9 Å². The topological polar surface area (TPSA) is 29.9 Å². The largest absolute Gasteiger partial charge is 0.312 e. The van der Waals surface area contributed by atoms with E-state index in [2.05, 4.69) is 31.2 Å². The molecule has 1 heterocycles. The molecule has 0 aliphatic rings. The van der Waals surface area contributed by atoms with Crippen LogP contribution in [0.2, 0.25) is 5.02 Å². The first-order valence-electron chi connectivity index (χ1n) is 4.90. The Kier molecular flexibility index (Phi) is 3.96. The van der Waals surface area contributed by atoms with Gasteiger partial charge in [-0.1, -0.05) is 11.6 Å². The van der Waals surface area contributed by atoms with Gasteiger partial charge in [-0.2, -0.15) is 5.10 Å². The van der Waals surface area contributed by atoms with E-state index < -0.39 is 0 Å². The van der Waals surface area contributed by atoms with Gasteiger partial charge < -0.3 is 5.32 Å². The predicted molar refractivity (Wildman–Crippen MR) is 59.6 cm³/mol. The highest BCUT2D eigenvalue weighted by Gasteiger charge is 2.07. The van der Waals surface area contributed by atoms with Crippen LogP contribution in [0.3, 0.4) is 0 Å². The zero-order valence-electron chi connectivity index (χ0n) is 9.05. The van der Waals surface area contributed by atoms with Crippen molar-refractivity contribution in [2.45, 2.75) is 39.3 Å². The smallest absolute Gasteiger partial charge is 0.0785 e. The van der Waals surface area contributed by atoms with E-state index in [9.17, 15) is 0 Å². The van der Waals surface area contributed by atoms with E-state index in [0.717, 1.165) is 19.5 Å². The van der Waals surface area contributed by atoms with Crippen LogP contribution in [0.25, 0.3) is 0 Å². The van der Waals surface area contributed by atoms with Crippen LogP contribution in [-0.2, 0) is 6.54 Å². The van der Waals surface area contributed by atoms with Gasteiger partial charge in [0.1, 0.15) is 0 Å². The highest BCUT2D eigenvalue weighted by Crippen LogP contribution is 2.05. The quantitative estimate of drug-likeness (QED) is 0.782. The molecule has 0 unspecified atom stereocenters. The Labute approximate surface area is 90.4 Å². The third-order valence-corrected chi connectivity index (χ3v) is 2.02. The molecule has 1 N–H and O–H groups in total. The minimum atomic E-state index is 0.196. The first-order valence-corrected chi connectivity index (χ1v) is 5.28. The molecule has 80 valence electrons. The molecule has 0 bridgehead atoms. The molecule has 0 radical (unpaired) electrons. The highest BCUT2D eigenvalue weighted by molar-refractivity contribution is 6.30. The maximum atomic E-state index is 5.75. The molecule has 0 spiro atoms. The summed E-state index contributed by atoms with van der Waals surface area (Å²) in [6, 6.07) is 0. The molecule has 1 rings (SSSR count). The van der Waals surface area contributed by atoms with Crippen molar-refractivity contribution < 1.29 is 0 Å². The lowest BCUT2D eigenvalue weighted by molar-refractivity contribution is 0.409. The molecule has 0 aliphatic carbocycles. The molecule has 0 aromatic carbocycles. The van der Waals surface area contributed by atoms with Gasteiger partial charge in [0, 0.05) is 18.3 Å². The van der Waals surface area contributed by atoms with E-state index in [0.29, 0.717) is 5.02 Å². The number of aromatic nitrogens is 2. The van der Waals surface area contributed by atoms with E-state index in [4.69, 9.17) is 11.6 Å². The second-order valence-corrected chi connectivity index (χ2v) is 4.89. The van der Waals surface area contributed by atoms with Crippen LogP contribution in [0.4, 0.5) is 0 Å². The molecule has 0 aliphatic heterocycles. The van der Waals surface area contributed by atoms with Gasteiger partial charge in [-0.25, -0.2) is 0 Å². The van der Waals surface area contributed by atoms with Crippen LogP contribution in [0.1, 0.15) is 27.2 Å². The van der Waals surface area contributed by atoms with E-state index >= 15 is 0 Å². The minimum Gasteiger partial charge on any atom is -0.312 e. The van der Waals surface area contributed by atoms with Gasteiger partial charge in [-0.15, -0.1) is 0 Å². The van der Waals surface area contributed by atoms with Gasteiger partial charge in [-0.3, -0.25) is 4.68 Å². The van der Waals surface area contributed by atoms with Crippen LogP contribution >= 0.6 is 11.6 Å². The standard InChI is InChI=1S/C10H18ClN3/c1-10(2,3)12-5-4-6-14-8-9(11)7-13-14/h7-8,12H,4-6H2,1-3H3. The summed E-state index contributed by atoms with van der Waals surface area (Å²) in [4.78, 5) is 0. The molecule has 4 heteroatoms. The monoisotopic (exact) mass is 215 g/mol. The third-order valence-electron chi connectivity index (χ3n) is 1.82. The Morgan fingerprint density at radius 2 is 2.21 bits per heavy atom. The van der Waals surface area contributed by atoms with Gasteiger partial charge in [0.25, 0.3) is 0 Å². The molecule has 3 nitrogen and oxygen atoms in total.